The van der Waals surface area contributed by atoms with E-state index in [0.29, 0.717) is 32.8 Å². The third-order valence-corrected chi connectivity index (χ3v) is 10.2. The topological polar surface area (TPSA) is 96.0 Å². The third kappa shape index (κ3) is 8.15. The average Bonchev–Trinajstić information content (AvgIpc) is 3.50. The normalized spacial score (nSPS) is 14.3. The van der Waals surface area contributed by atoms with Gasteiger partial charge in [0.05, 0.1) is 27.7 Å². The van der Waals surface area contributed by atoms with Crippen LogP contribution in [0.5, 0.6) is 5.75 Å². The number of carbonyl (C=O) groups excluding carboxylic acids is 2. The lowest BCUT2D eigenvalue weighted by Crippen LogP contribution is -2.53. The Labute approximate surface area is 267 Å². The molecule has 12 heteroatoms. The Morgan fingerprint density at radius 3 is 2.28 bits per heavy atom. The number of benzene rings is 3. The quantitative estimate of drug-likeness (QED) is 0.232. The molecule has 3 aromatic rings. The van der Waals surface area contributed by atoms with E-state index in [2.05, 4.69) is 5.32 Å². The SMILES string of the molecule is CCC(C(=O)NC1CCCC1)N(Cc1ccc(Cl)c(Cl)c1)C(=O)CN(c1cccc(Cl)c1)S(=O)(=O)c1ccc(OC)cc1. The van der Waals surface area contributed by atoms with E-state index in [-0.39, 0.29) is 29.1 Å². The van der Waals surface area contributed by atoms with Gasteiger partial charge in [0, 0.05) is 17.6 Å². The summed E-state index contributed by atoms with van der Waals surface area (Å²) in [7, 11) is -2.77. The molecule has 230 valence electrons. The lowest BCUT2D eigenvalue weighted by Gasteiger charge is -2.34. The molecule has 0 heterocycles. The molecule has 0 spiro atoms. The van der Waals surface area contributed by atoms with Gasteiger partial charge in [0.1, 0.15) is 18.3 Å². The standard InChI is InChI=1S/C31H34Cl3N3O5S/c1-3-29(31(39)35-23-8-4-5-9-23)36(19-21-11-16-27(33)28(34)17-21)30(38)20-37(24-10-6-7-22(32)18-24)43(40,41)26-14-12-25(42-2)13-15-26/h6-7,10-18,23,29H,3-5,8-9,19-20H2,1-2H3,(H,35,39). The number of ether oxygens (including phenoxy) is 1. The molecule has 1 fully saturated rings. The molecule has 0 aromatic heterocycles. The van der Waals surface area contributed by atoms with Gasteiger partial charge in [-0.25, -0.2) is 8.42 Å². The Kier molecular flexibility index (Phi) is 11.2. The van der Waals surface area contributed by atoms with Crippen LogP contribution in [0.3, 0.4) is 0 Å². The molecule has 0 aliphatic heterocycles. The van der Waals surface area contributed by atoms with Gasteiger partial charge in [-0.15, -0.1) is 0 Å². The maximum Gasteiger partial charge on any atom is 0.264 e. The van der Waals surface area contributed by atoms with E-state index in [1.165, 1.54) is 42.3 Å². The van der Waals surface area contributed by atoms with E-state index < -0.39 is 28.5 Å². The minimum Gasteiger partial charge on any atom is -0.497 e. The van der Waals surface area contributed by atoms with Crippen molar-refractivity contribution in [2.45, 2.75) is 62.6 Å². The molecule has 1 N–H and O–H groups in total. The van der Waals surface area contributed by atoms with Crippen LogP contribution < -0.4 is 14.4 Å². The van der Waals surface area contributed by atoms with Crippen LogP contribution in [0.25, 0.3) is 0 Å². The molecule has 0 saturated heterocycles. The number of amides is 2. The number of methoxy groups -OCH3 is 1. The first kappa shape index (κ1) is 32.9. The average molecular weight is 667 g/mol. The number of anilines is 1. The molecule has 0 bridgehead atoms. The van der Waals surface area contributed by atoms with Crippen molar-refractivity contribution < 1.29 is 22.7 Å². The van der Waals surface area contributed by atoms with Gasteiger partial charge in [-0.2, -0.15) is 0 Å². The van der Waals surface area contributed by atoms with Gasteiger partial charge in [-0.05, 0) is 79.4 Å². The summed E-state index contributed by atoms with van der Waals surface area (Å²) < 4.78 is 34.2. The second-order valence-corrected chi connectivity index (χ2v) is 13.5. The van der Waals surface area contributed by atoms with E-state index in [1.54, 1.807) is 36.4 Å². The molecule has 1 saturated carbocycles. The van der Waals surface area contributed by atoms with E-state index >= 15 is 0 Å². The highest BCUT2D eigenvalue weighted by atomic mass is 35.5. The summed E-state index contributed by atoms with van der Waals surface area (Å²) in [5, 5.41) is 4.05. The predicted octanol–water partition coefficient (Wildman–Crippen LogP) is 6.72. The van der Waals surface area contributed by atoms with Crippen LogP contribution in [0.1, 0.15) is 44.6 Å². The first-order valence-corrected chi connectivity index (χ1v) is 16.6. The Morgan fingerprint density at radius 2 is 1.67 bits per heavy atom. The van der Waals surface area contributed by atoms with E-state index in [9.17, 15) is 18.0 Å². The minimum absolute atomic E-state index is 0.0122. The minimum atomic E-state index is -4.25. The number of halogens is 3. The van der Waals surface area contributed by atoms with Crippen LogP contribution in [-0.4, -0.2) is 50.9 Å². The lowest BCUT2D eigenvalue weighted by atomic mass is 10.1. The van der Waals surface area contributed by atoms with Crippen LogP contribution in [0.15, 0.2) is 71.6 Å². The van der Waals surface area contributed by atoms with Gasteiger partial charge in [0.2, 0.25) is 11.8 Å². The molecule has 2 amide bonds. The van der Waals surface area contributed by atoms with Crippen molar-refractivity contribution in [3.8, 4) is 5.75 Å². The van der Waals surface area contributed by atoms with Crippen molar-refractivity contribution in [3.05, 3.63) is 87.4 Å². The highest BCUT2D eigenvalue weighted by molar-refractivity contribution is 7.92. The summed E-state index contributed by atoms with van der Waals surface area (Å²) in [4.78, 5) is 29.1. The largest absolute Gasteiger partial charge is 0.497 e. The number of carbonyl (C=O) groups is 2. The van der Waals surface area contributed by atoms with Crippen LogP contribution in [0.2, 0.25) is 15.1 Å². The molecule has 1 unspecified atom stereocenters. The highest BCUT2D eigenvalue weighted by Crippen LogP contribution is 2.29. The second kappa shape index (κ2) is 14.7. The number of hydrogen-bond acceptors (Lipinski definition) is 5. The zero-order valence-electron chi connectivity index (χ0n) is 23.9. The van der Waals surface area contributed by atoms with E-state index in [0.717, 1.165) is 30.0 Å². The lowest BCUT2D eigenvalue weighted by molar-refractivity contribution is -0.140. The van der Waals surface area contributed by atoms with Crippen molar-refractivity contribution >= 4 is 62.3 Å². The molecule has 4 rings (SSSR count). The van der Waals surface area contributed by atoms with Crippen LogP contribution >= 0.6 is 34.8 Å². The van der Waals surface area contributed by atoms with Crippen LogP contribution in [-0.2, 0) is 26.2 Å². The summed E-state index contributed by atoms with van der Waals surface area (Å²) in [5.74, 6) is -0.372. The van der Waals surface area contributed by atoms with Gasteiger partial charge in [0.25, 0.3) is 10.0 Å². The van der Waals surface area contributed by atoms with E-state index in [1.807, 2.05) is 6.92 Å². The molecular weight excluding hydrogens is 633 g/mol. The maximum absolute atomic E-state index is 14.2. The zero-order valence-corrected chi connectivity index (χ0v) is 27.0. The van der Waals surface area contributed by atoms with Gasteiger partial charge in [-0.3, -0.25) is 13.9 Å². The molecule has 1 aliphatic carbocycles. The monoisotopic (exact) mass is 665 g/mol. The van der Waals surface area contributed by atoms with Crippen molar-refractivity contribution in [1.29, 1.82) is 0 Å². The summed E-state index contributed by atoms with van der Waals surface area (Å²) in [6.07, 6.45) is 4.14. The summed E-state index contributed by atoms with van der Waals surface area (Å²) in [6.45, 7) is 1.25. The molecule has 0 radical (unpaired) electrons. The Balaban J connectivity index is 1.73. The first-order chi connectivity index (χ1) is 20.5. The van der Waals surface area contributed by atoms with Gasteiger partial charge in [-0.1, -0.05) is 66.7 Å². The van der Waals surface area contributed by atoms with Crippen molar-refractivity contribution in [1.82, 2.24) is 10.2 Å². The van der Waals surface area contributed by atoms with Crippen molar-refractivity contribution in [3.63, 3.8) is 0 Å². The van der Waals surface area contributed by atoms with Gasteiger partial charge < -0.3 is 15.0 Å². The Hall–Kier alpha value is -2.98. The molecule has 3 aromatic carbocycles. The molecule has 1 aliphatic rings. The molecule has 43 heavy (non-hydrogen) atoms. The number of nitrogens with one attached hydrogen (secondary N) is 1. The van der Waals surface area contributed by atoms with Crippen LogP contribution in [0, 0.1) is 0 Å². The van der Waals surface area contributed by atoms with Gasteiger partial charge in [0.15, 0.2) is 0 Å². The Bertz CT molecular complexity index is 1550. The van der Waals surface area contributed by atoms with Crippen molar-refractivity contribution in [2.24, 2.45) is 0 Å². The fourth-order valence-corrected chi connectivity index (χ4v) is 7.07. The predicted molar refractivity (Wildman–Crippen MR) is 170 cm³/mol. The third-order valence-electron chi connectivity index (χ3n) is 7.45. The molecule has 8 nitrogen and oxygen atoms in total. The van der Waals surface area contributed by atoms with Crippen molar-refractivity contribution in [2.75, 3.05) is 18.0 Å². The summed E-state index contributed by atoms with van der Waals surface area (Å²) in [6, 6.07) is 16.3. The summed E-state index contributed by atoms with van der Waals surface area (Å²) in [5.41, 5.74) is 0.844. The van der Waals surface area contributed by atoms with E-state index in [4.69, 9.17) is 39.5 Å². The number of nitrogens with zero attached hydrogens (tertiary/aromatic N) is 2. The summed E-state index contributed by atoms with van der Waals surface area (Å²) >= 11 is 18.6. The number of rotatable bonds is 12. The molecule has 1 atom stereocenters. The number of hydrogen-bond donors (Lipinski definition) is 1. The fraction of sp³-hybridized carbons (Fsp3) is 0.355. The molecular formula is C31H34Cl3N3O5S. The smallest absolute Gasteiger partial charge is 0.264 e. The Morgan fingerprint density at radius 1 is 0.977 bits per heavy atom. The van der Waals surface area contributed by atoms with Crippen LogP contribution in [0.4, 0.5) is 5.69 Å². The number of sulfonamides is 1. The first-order valence-electron chi connectivity index (χ1n) is 14.0. The maximum atomic E-state index is 14.2. The van der Waals surface area contributed by atoms with Gasteiger partial charge >= 0.3 is 0 Å². The highest BCUT2D eigenvalue weighted by Gasteiger charge is 2.34. The second-order valence-electron chi connectivity index (χ2n) is 10.4. The fourth-order valence-electron chi connectivity index (χ4n) is 5.16. The zero-order chi connectivity index (χ0) is 31.1.